The van der Waals surface area contributed by atoms with E-state index in [2.05, 4.69) is 38.2 Å². The lowest BCUT2D eigenvalue weighted by atomic mass is 9.70. The highest BCUT2D eigenvalue weighted by molar-refractivity contribution is 5.79. The summed E-state index contributed by atoms with van der Waals surface area (Å²) < 4.78 is 5.17. The predicted molar refractivity (Wildman–Crippen MR) is 94.5 cm³/mol. The van der Waals surface area contributed by atoms with Gasteiger partial charge in [-0.2, -0.15) is 0 Å². The number of benzene rings is 1. The zero-order chi connectivity index (χ0) is 16.8. The maximum absolute atomic E-state index is 12.6. The molecule has 23 heavy (non-hydrogen) atoms. The van der Waals surface area contributed by atoms with Gasteiger partial charge in [0.25, 0.3) is 0 Å². The molecule has 0 radical (unpaired) electrons. The first-order chi connectivity index (χ1) is 11.0. The van der Waals surface area contributed by atoms with Crippen molar-refractivity contribution in [3.63, 3.8) is 0 Å². The standard InChI is InChI=1S/C20H31NO2/c1-14(2)18-10-5-15(3)13-19(18)20(22)21-12-11-16-6-8-17(23-4)9-7-16/h6-9,14-15,18-19H,5,10-13H2,1-4H3,(H,21,22)/t15-,18+,19-/m1/s1. The summed E-state index contributed by atoms with van der Waals surface area (Å²) in [4.78, 5) is 12.6. The van der Waals surface area contributed by atoms with Gasteiger partial charge in [-0.05, 0) is 54.7 Å². The van der Waals surface area contributed by atoms with Gasteiger partial charge in [-0.25, -0.2) is 0 Å². The third kappa shape index (κ3) is 4.98. The lowest BCUT2D eigenvalue weighted by Gasteiger charge is -2.36. The molecule has 3 nitrogen and oxygen atoms in total. The molecule has 1 saturated carbocycles. The number of nitrogens with one attached hydrogen (secondary N) is 1. The number of rotatable bonds is 6. The van der Waals surface area contributed by atoms with Crippen molar-refractivity contribution < 1.29 is 9.53 Å². The number of carbonyl (C=O) groups is 1. The first kappa shape index (κ1) is 17.8. The molecule has 0 aliphatic heterocycles. The van der Waals surface area contributed by atoms with E-state index in [-0.39, 0.29) is 11.8 Å². The first-order valence-electron chi connectivity index (χ1n) is 8.92. The van der Waals surface area contributed by atoms with E-state index in [1.54, 1.807) is 7.11 Å². The molecule has 1 aromatic carbocycles. The Morgan fingerprint density at radius 2 is 1.96 bits per heavy atom. The number of ether oxygens (including phenoxy) is 1. The van der Waals surface area contributed by atoms with Gasteiger partial charge >= 0.3 is 0 Å². The highest BCUT2D eigenvalue weighted by atomic mass is 16.5. The van der Waals surface area contributed by atoms with Crippen LogP contribution in [0.1, 0.15) is 45.6 Å². The molecule has 1 aromatic rings. The minimum absolute atomic E-state index is 0.189. The summed E-state index contributed by atoms with van der Waals surface area (Å²) in [5.74, 6) is 3.10. The minimum atomic E-state index is 0.189. The SMILES string of the molecule is COc1ccc(CCNC(=O)[C@@H]2C[C@H](C)CC[C@H]2C(C)C)cc1. The highest BCUT2D eigenvalue weighted by Crippen LogP contribution is 2.38. The normalized spacial score (nSPS) is 24.5. The second kappa shape index (κ2) is 8.37. The number of carbonyl (C=O) groups excluding carboxylic acids is 1. The van der Waals surface area contributed by atoms with Crippen LogP contribution in [0.3, 0.4) is 0 Å². The van der Waals surface area contributed by atoms with Crippen LogP contribution in [0.2, 0.25) is 0 Å². The van der Waals surface area contributed by atoms with Gasteiger partial charge in [0.1, 0.15) is 5.75 Å². The summed E-state index contributed by atoms with van der Waals surface area (Å²) in [6.07, 6.45) is 4.36. The Labute approximate surface area is 140 Å². The number of hydrogen-bond acceptors (Lipinski definition) is 2. The molecule has 0 aromatic heterocycles. The molecule has 1 aliphatic rings. The predicted octanol–water partition coefficient (Wildman–Crippen LogP) is 4.06. The third-order valence-electron chi connectivity index (χ3n) is 5.23. The van der Waals surface area contributed by atoms with Gasteiger partial charge in [-0.15, -0.1) is 0 Å². The molecule has 3 heteroatoms. The van der Waals surface area contributed by atoms with Crippen LogP contribution in [0, 0.1) is 23.7 Å². The first-order valence-corrected chi connectivity index (χ1v) is 8.92. The van der Waals surface area contributed by atoms with Crippen molar-refractivity contribution in [3.8, 4) is 5.75 Å². The van der Waals surface area contributed by atoms with Gasteiger partial charge in [0.05, 0.1) is 7.11 Å². The van der Waals surface area contributed by atoms with Crippen LogP contribution in [0.25, 0.3) is 0 Å². The molecule has 0 spiro atoms. The van der Waals surface area contributed by atoms with Gasteiger partial charge in [0.15, 0.2) is 0 Å². The van der Waals surface area contributed by atoms with E-state index in [1.165, 1.54) is 18.4 Å². The Morgan fingerprint density at radius 3 is 2.57 bits per heavy atom. The van der Waals surface area contributed by atoms with Gasteiger partial charge in [-0.1, -0.05) is 39.3 Å². The highest BCUT2D eigenvalue weighted by Gasteiger charge is 2.35. The molecule has 0 unspecified atom stereocenters. The van der Waals surface area contributed by atoms with Gasteiger partial charge in [0, 0.05) is 12.5 Å². The van der Waals surface area contributed by atoms with Crippen LogP contribution in [0.5, 0.6) is 5.75 Å². The van der Waals surface area contributed by atoms with Crippen molar-refractivity contribution in [3.05, 3.63) is 29.8 Å². The van der Waals surface area contributed by atoms with E-state index in [4.69, 9.17) is 4.74 Å². The monoisotopic (exact) mass is 317 g/mol. The maximum Gasteiger partial charge on any atom is 0.223 e. The van der Waals surface area contributed by atoms with Gasteiger partial charge in [0.2, 0.25) is 5.91 Å². The largest absolute Gasteiger partial charge is 0.497 e. The number of hydrogen-bond donors (Lipinski definition) is 1. The number of amides is 1. The molecule has 1 amide bonds. The van der Waals surface area contributed by atoms with Crippen molar-refractivity contribution in [1.82, 2.24) is 5.32 Å². The van der Waals surface area contributed by atoms with E-state index in [9.17, 15) is 4.79 Å². The average Bonchev–Trinajstić information content (AvgIpc) is 2.55. The topological polar surface area (TPSA) is 38.3 Å². The Kier molecular flexibility index (Phi) is 6.49. The van der Waals surface area contributed by atoms with Crippen LogP contribution >= 0.6 is 0 Å². The molecule has 1 fully saturated rings. The lowest BCUT2D eigenvalue weighted by molar-refractivity contribution is -0.129. The smallest absolute Gasteiger partial charge is 0.223 e. The fourth-order valence-electron chi connectivity index (χ4n) is 3.76. The van der Waals surface area contributed by atoms with Crippen molar-refractivity contribution in [2.75, 3.05) is 13.7 Å². The van der Waals surface area contributed by atoms with Crippen molar-refractivity contribution in [1.29, 1.82) is 0 Å². The molecule has 0 saturated heterocycles. The quantitative estimate of drug-likeness (QED) is 0.859. The fraction of sp³-hybridized carbons (Fsp3) is 0.650. The van der Waals surface area contributed by atoms with Crippen LogP contribution in [0.15, 0.2) is 24.3 Å². The number of methoxy groups -OCH3 is 1. The zero-order valence-electron chi connectivity index (χ0n) is 15.0. The third-order valence-corrected chi connectivity index (χ3v) is 5.23. The fourth-order valence-corrected chi connectivity index (χ4v) is 3.76. The molecule has 1 N–H and O–H groups in total. The maximum atomic E-state index is 12.6. The summed E-state index contributed by atoms with van der Waals surface area (Å²) in [5.41, 5.74) is 1.23. The minimum Gasteiger partial charge on any atom is -0.497 e. The molecular formula is C20H31NO2. The van der Waals surface area contributed by atoms with Crippen LogP contribution in [0.4, 0.5) is 0 Å². The summed E-state index contributed by atoms with van der Waals surface area (Å²) in [6.45, 7) is 7.48. The summed E-state index contributed by atoms with van der Waals surface area (Å²) in [7, 11) is 1.67. The van der Waals surface area contributed by atoms with E-state index in [0.29, 0.717) is 24.3 Å². The Morgan fingerprint density at radius 1 is 1.26 bits per heavy atom. The summed E-state index contributed by atoms with van der Waals surface area (Å²) in [6, 6.07) is 8.05. The molecule has 3 atom stereocenters. The second-order valence-corrected chi connectivity index (χ2v) is 7.32. The van der Waals surface area contributed by atoms with Gasteiger partial charge < -0.3 is 10.1 Å². The average molecular weight is 317 g/mol. The molecule has 0 heterocycles. The van der Waals surface area contributed by atoms with Crippen molar-refractivity contribution in [2.45, 2.75) is 46.5 Å². The van der Waals surface area contributed by atoms with E-state index in [1.807, 2.05) is 12.1 Å². The Hall–Kier alpha value is -1.51. The molecule has 1 aliphatic carbocycles. The molecule has 0 bridgehead atoms. The summed E-state index contributed by atoms with van der Waals surface area (Å²) >= 11 is 0. The van der Waals surface area contributed by atoms with Gasteiger partial charge in [-0.3, -0.25) is 4.79 Å². The Bertz CT molecular complexity index is 495. The van der Waals surface area contributed by atoms with Crippen LogP contribution in [-0.4, -0.2) is 19.6 Å². The molecule has 2 rings (SSSR count). The molecular weight excluding hydrogens is 286 g/mol. The molecule has 128 valence electrons. The van der Waals surface area contributed by atoms with E-state index < -0.39 is 0 Å². The lowest BCUT2D eigenvalue weighted by Crippen LogP contribution is -2.40. The van der Waals surface area contributed by atoms with Crippen LogP contribution < -0.4 is 10.1 Å². The van der Waals surface area contributed by atoms with E-state index >= 15 is 0 Å². The summed E-state index contributed by atoms with van der Waals surface area (Å²) in [5, 5.41) is 3.16. The van der Waals surface area contributed by atoms with E-state index in [0.717, 1.165) is 18.6 Å². The Balaban J connectivity index is 1.84. The van der Waals surface area contributed by atoms with Crippen molar-refractivity contribution >= 4 is 5.91 Å². The zero-order valence-corrected chi connectivity index (χ0v) is 15.0. The van der Waals surface area contributed by atoms with Crippen molar-refractivity contribution in [2.24, 2.45) is 23.7 Å². The second-order valence-electron chi connectivity index (χ2n) is 7.32. The van der Waals surface area contributed by atoms with Crippen LogP contribution in [-0.2, 0) is 11.2 Å².